The Morgan fingerprint density at radius 1 is 1.35 bits per heavy atom. The number of hydrogen-bond donors (Lipinski definition) is 1. The first-order valence-corrected chi connectivity index (χ1v) is 8.65. The zero-order chi connectivity index (χ0) is 16.2. The number of urea groups is 1. The lowest BCUT2D eigenvalue weighted by Crippen LogP contribution is -2.51. The minimum absolute atomic E-state index is 0.0490. The predicted molar refractivity (Wildman–Crippen MR) is 92.2 cm³/mol. The van der Waals surface area contributed by atoms with E-state index in [0.717, 1.165) is 57.0 Å². The van der Waals surface area contributed by atoms with E-state index in [1.54, 1.807) is 6.07 Å². The summed E-state index contributed by atoms with van der Waals surface area (Å²) in [5, 5.41) is 3.60. The van der Waals surface area contributed by atoms with Crippen LogP contribution in [-0.4, -0.2) is 61.3 Å². The summed E-state index contributed by atoms with van der Waals surface area (Å²) in [4.78, 5) is 16.7. The smallest absolute Gasteiger partial charge is 0.321 e. The zero-order valence-electron chi connectivity index (χ0n) is 13.6. The van der Waals surface area contributed by atoms with Gasteiger partial charge in [0.15, 0.2) is 0 Å². The van der Waals surface area contributed by atoms with Crippen molar-refractivity contribution >= 4 is 23.3 Å². The number of hydrogen-bond acceptors (Lipinski definition) is 3. The van der Waals surface area contributed by atoms with Crippen molar-refractivity contribution < 1.29 is 9.53 Å². The molecule has 6 heteroatoms. The lowest BCUT2D eigenvalue weighted by atomic mass is 10.2. The summed E-state index contributed by atoms with van der Waals surface area (Å²) in [6.07, 6.45) is 2.71. The SMILES string of the molecule is Cc1ccc(Cl)cc1NC(=O)N1CCN(CC2CCCO2)CC1. The second kappa shape index (κ2) is 7.51. The van der Waals surface area contributed by atoms with Crippen molar-refractivity contribution in [2.24, 2.45) is 0 Å². The molecule has 0 spiro atoms. The largest absolute Gasteiger partial charge is 0.377 e. The van der Waals surface area contributed by atoms with Crippen molar-refractivity contribution in [2.45, 2.75) is 25.9 Å². The van der Waals surface area contributed by atoms with Gasteiger partial charge >= 0.3 is 6.03 Å². The Balaban J connectivity index is 1.48. The summed E-state index contributed by atoms with van der Waals surface area (Å²) >= 11 is 6.00. The van der Waals surface area contributed by atoms with E-state index in [2.05, 4.69) is 10.2 Å². The summed E-state index contributed by atoms with van der Waals surface area (Å²) in [7, 11) is 0. The molecule has 1 aromatic rings. The highest BCUT2D eigenvalue weighted by atomic mass is 35.5. The van der Waals surface area contributed by atoms with Gasteiger partial charge in [-0.05, 0) is 37.5 Å². The molecule has 2 aliphatic heterocycles. The number of amides is 2. The summed E-state index contributed by atoms with van der Waals surface area (Å²) in [5.41, 5.74) is 1.80. The van der Waals surface area contributed by atoms with Crippen LogP contribution in [0.4, 0.5) is 10.5 Å². The maximum atomic E-state index is 12.4. The van der Waals surface area contributed by atoms with Gasteiger partial charge in [-0.25, -0.2) is 4.79 Å². The van der Waals surface area contributed by atoms with Gasteiger partial charge in [0.05, 0.1) is 6.10 Å². The molecule has 1 N–H and O–H groups in total. The first-order valence-electron chi connectivity index (χ1n) is 8.28. The van der Waals surface area contributed by atoms with E-state index in [4.69, 9.17) is 16.3 Å². The van der Waals surface area contributed by atoms with Gasteiger partial charge in [0.25, 0.3) is 0 Å². The molecule has 0 aliphatic carbocycles. The van der Waals surface area contributed by atoms with E-state index >= 15 is 0 Å². The molecule has 3 rings (SSSR count). The van der Waals surface area contributed by atoms with Crippen LogP contribution in [0.3, 0.4) is 0 Å². The minimum atomic E-state index is -0.0490. The Bertz CT molecular complexity index is 553. The molecule has 2 saturated heterocycles. The van der Waals surface area contributed by atoms with Crippen LogP contribution in [0.5, 0.6) is 0 Å². The Labute approximate surface area is 142 Å². The van der Waals surface area contributed by atoms with Crippen LogP contribution < -0.4 is 5.32 Å². The van der Waals surface area contributed by atoms with Gasteiger partial charge in [0, 0.05) is 50.0 Å². The number of nitrogens with zero attached hydrogens (tertiary/aromatic N) is 2. The number of rotatable bonds is 3. The van der Waals surface area contributed by atoms with Crippen LogP contribution >= 0.6 is 11.6 Å². The van der Waals surface area contributed by atoms with Crippen molar-refractivity contribution in [2.75, 3.05) is 44.6 Å². The maximum absolute atomic E-state index is 12.4. The number of carbonyl (C=O) groups is 1. The number of halogens is 1. The molecule has 2 heterocycles. The number of benzene rings is 1. The third-order valence-electron chi connectivity index (χ3n) is 4.59. The highest BCUT2D eigenvalue weighted by Gasteiger charge is 2.25. The summed E-state index contributed by atoms with van der Waals surface area (Å²) in [6.45, 7) is 7.15. The van der Waals surface area contributed by atoms with Crippen molar-refractivity contribution in [3.05, 3.63) is 28.8 Å². The fourth-order valence-corrected chi connectivity index (χ4v) is 3.31. The third-order valence-corrected chi connectivity index (χ3v) is 4.82. The molecule has 0 radical (unpaired) electrons. The van der Waals surface area contributed by atoms with E-state index < -0.39 is 0 Å². The number of ether oxygens (including phenoxy) is 1. The normalized spacial score (nSPS) is 22.3. The van der Waals surface area contributed by atoms with Crippen LogP contribution in [0.1, 0.15) is 18.4 Å². The van der Waals surface area contributed by atoms with Crippen LogP contribution in [0.2, 0.25) is 5.02 Å². The van der Waals surface area contributed by atoms with Crippen LogP contribution in [0.25, 0.3) is 0 Å². The van der Waals surface area contributed by atoms with Crippen LogP contribution in [0.15, 0.2) is 18.2 Å². The molecule has 2 fully saturated rings. The molecule has 2 amide bonds. The molecule has 0 saturated carbocycles. The fourth-order valence-electron chi connectivity index (χ4n) is 3.13. The molecule has 1 unspecified atom stereocenters. The average Bonchev–Trinajstić information content (AvgIpc) is 3.04. The standard InChI is InChI=1S/C17H24ClN3O2/c1-13-4-5-14(18)11-16(13)19-17(22)21-8-6-20(7-9-21)12-15-3-2-10-23-15/h4-5,11,15H,2-3,6-10,12H2,1H3,(H,19,22). The number of anilines is 1. The van der Waals surface area contributed by atoms with Crippen molar-refractivity contribution in [1.82, 2.24) is 9.80 Å². The Morgan fingerprint density at radius 2 is 2.13 bits per heavy atom. The molecular weight excluding hydrogens is 314 g/mol. The predicted octanol–water partition coefficient (Wildman–Crippen LogP) is 2.98. The quantitative estimate of drug-likeness (QED) is 0.922. The van der Waals surface area contributed by atoms with Crippen molar-refractivity contribution in [3.63, 3.8) is 0 Å². The average molecular weight is 338 g/mol. The van der Waals surface area contributed by atoms with E-state index in [1.807, 2.05) is 24.0 Å². The molecular formula is C17H24ClN3O2. The van der Waals surface area contributed by atoms with E-state index in [0.29, 0.717) is 11.1 Å². The number of piperazine rings is 1. The molecule has 23 heavy (non-hydrogen) atoms. The van der Waals surface area contributed by atoms with Gasteiger partial charge in [-0.2, -0.15) is 0 Å². The van der Waals surface area contributed by atoms with Crippen LogP contribution in [0, 0.1) is 6.92 Å². The van der Waals surface area contributed by atoms with E-state index in [9.17, 15) is 4.79 Å². The van der Waals surface area contributed by atoms with Crippen molar-refractivity contribution in [1.29, 1.82) is 0 Å². The molecule has 1 atom stereocenters. The van der Waals surface area contributed by atoms with Crippen LogP contribution in [-0.2, 0) is 4.74 Å². The molecule has 1 aromatic carbocycles. The van der Waals surface area contributed by atoms with E-state index in [1.165, 1.54) is 6.42 Å². The monoisotopic (exact) mass is 337 g/mol. The maximum Gasteiger partial charge on any atom is 0.321 e. The first-order chi connectivity index (χ1) is 11.1. The first kappa shape index (κ1) is 16.6. The minimum Gasteiger partial charge on any atom is -0.377 e. The lowest BCUT2D eigenvalue weighted by molar-refractivity contribution is 0.0572. The second-order valence-electron chi connectivity index (χ2n) is 6.31. The topological polar surface area (TPSA) is 44.8 Å². The van der Waals surface area contributed by atoms with E-state index in [-0.39, 0.29) is 6.03 Å². The molecule has 2 aliphatic rings. The van der Waals surface area contributed by atoms with Gasteiger partial charge in [0.2, 0.25) is 0 Å². The summed E-state index contributed by atoms with van der Waals surface area (Å²) in [6, 6.07) is 5.49. The summed E-state index contributed by atoms with van der Waals surface area (Å²) < 4.78 is 5.69. The number of aryl methyl sites for hydroxylation is 1. The second-order valence-corrected chi connectivity index (χ2v) is 6.75. The lowest BCUT2D eigenvalue weighted by Gasteiger charge is -2.35. The Morgan fingerprint density at radius 3 is 2.83 bits per heavy atom. The molecule has 0 aromatic heterocycles. The van der Waals surface area contributed by atoms with Gasteiger partial charge in [-0.15, -0.1) is 0 Å². The zero-order valence-corrected chi connectivity index (χ0v) is 14.3. The fraction of sp³-hybridized carbons (Fsp3) is 0.588. The molecule has 5 nitrogen and oxygen atoms in total. The van der Waals surface area contributed by atoms with Gasteiger partial charge < -0.3 is 15.0 Å². The Kier molecular flexibility index (Phi) is 5.41. The highest BCUT2D eigenvalue weighted by Crippen LogP contribution is 2.21. The van der Waals surface area contributed by atoms with Gasteiger partial charge in [0.1, 0.15) is 0 Å². The summed E-state index contributed by atoms with van der Waals surface area (Å²) in [5.74, 6) is 0. The van der Waals surface area contributed by atoms with Gasteiger partial charge in [-0.1, -0.05) is 17.7 Å². The number of nitrogens with one attached hydrogen (secondary N) is 1. The highest BCUT2D eigenvalue weighted by molar-refractivity contribution is 6.31. The third kappa shape index (κ3) is 4.37. The molecule has 0 bridgehead atoms. The Hall–Kier alpha value is -1.30. The van der Waals surface area contributed by atoms with Crippen molar-refractivity contribution in [3.8, 4) is 0 Å². The van der Waals surface area contributed by atoms with Gasteiger partial charge in [-0.3, -0.25) is 4.90 Å². The molecule has 126 valence electrons. The number of carbonyl (C=O) groups excluding carboxylic acids is 1.